The highest BCUT2D eigenvalue weighted by Crippen LogP contribution is 2.31. The summed E-state index contributed by atoms with van der Waals surface area (Å²) in [6.45, 7) is 8.56. The molecule has 2 aromatic heterocycles. The number of aromatic nitrogens is 4. The molecule has 0 fully saturated rings. The zero-order valence-corrected chi connectivity index (χ0v) is 21.7. The lowest BCUT2D eigenvalue weighted by molar-refractivity contribution is -0.113. The number of hydrogen-bond donors (Lipinski definition) is 1. The first-order chi connectivity index (χ1) is 17.5. The summed E-state index contributed by atoms with van der Waals surface area (Å²) in [5.74, 6) is 0.896. The number of allylic oxidation sites excluding steroid dienone is 1. The minimum atomic E-state index is -0.103. The van der Waals surface area contributed by atoms with Crippen LogP contribution in [0.1, 0.15) is 11.1 Å². The predicted octanol–water partition coefficient (Wildman–Crippen LogP) is 6.76. The number of carbonyl (C=O) groups excluding carboxylic acids is 1. The molecule has 2 heterocycles. The third kappa shape index (κ3) is 5.10. The van der Waals surface area contributed by atoms with Crippen molar-refractivity contribution >= 4 is 44.9 Å². The summed E-state index contributed by atoms with van der Waals surface area (Å²) in [6.07, 6.45) is 1.81. The van der Waals surface area contributed by atoms with E-state index in [4.69, 9.17) is 4.98 Å². The van der Waals surface area contributed by atoms with Crippen molar-refractivity contribution in [3.05, 3.63) is 90.5 Å². The number of carbonyl (C=O) groups is 1. The second-order valence-corrected chi connectivity index (χ2v) is 10.4. The van der Waals surface area contributed by atoms with Crippen LogP contribution in [0.25, 0.3) is 32.2 Å². The fraction of sp³-hybridized carbons (Fsp3) is 0.143. The SMILES string of the molecule is C=CCn1c(SCC(=O)Nc2ccc(-c3nc4ccc(C)cc4s3)cc2)nnc1-c1ccccc1C. The van der Waals surface area contributed by atoms with Crippen LogP contribution in [0.3, 0.4) is 0 Å². The molecule has 36 heavy (non-hydrogen) atoms. The van der Waals surface area contributed by atoms with Crippen molar-refractivity contribution in [3.8, 4) is 22.0 Å². The molecular weight excluding hydrogens is 486 g/mol. The number of rotatable bonds is 8. The first-order valence-corrected chi connectivity index (χ1v) is 13.3. The zero-order chi connectivity index (χ0) is 25.1. The van der Waals surface area contributed by atoms with Gasteiger partial charge >= 0.3 is 0 Å². The number of amides is 1. The van der Waals surface area contributed by atoms with Gasteiger partial charge in [0, 0.05) is 23.4 Å². The molecule has 1 amide bonds. The molecule has 0 bridgehead atoms. The van der Waals surface area contributed by atoms with E-state index in [9.17, 15) is 4.79 Å². The Labute approximate surface area is 218 Å². The molecule has 0 aliphatic rings. The summed E-state index contributed by atoms with van der Waals surface area (Å²) in [4.78, 5) is 17.4. The summed E-state index contributed by atoms with van der Waals surface area (Å²) >= 11 is 3.03. The van der Waals surface area contributed by atoms with Gasteiger partial charge in [0.2, 0.25) is 5.91 Å². The molecule has 3 aromatic carbocycles. The molecule has 5 rings (SSSR count). The summed E-state index contributed by atoms with van der Waals surface area (Å²) in [6, 6.07) is 22.1. The Morgan fingerprint density at radius 2 is 1.89 bits per heavy atom. The summed E-state index contributed by atoms with van der Waals surface area (Å²) in [5.41, 5.74) is 6.14. The number of hydrogen-bond acceptors (Lipinski definition) is 6. The lowest BCUT2D eigenvalue weighted by atomic mass is 10.1. The minimum Gasteiger partial charge on any atom is -0.325 e. The summed E-state index contributed by atoms with van der Waals surface area (Å²) in [7, 11) is 0. The van der Waals surface area contributed by atoms with Crippen LogP contribution in [0.15, 0.2) is 84.5 Å². The van der Waals surface area contributed by atoms with Crippen LogP contribution in [-0.2, 0) is 11.3 Å². The quantitative estimate of drug-likeness (QED) is 0.184. The van der Waals surface area contributed by atoms with Crippen molar-refractivity contribution in [1.82, 2.24) is 19.7 Å². The molecule has 0 saturated heterocycles. The fourth-order valence-electron chi connectivity index (χ4n) is 3.89. The van der Waals surface area contributed by atoms with Crippen LogP contribution in [0, 0.1) is 13.8 Å². The number of nitrogens with zero attached hydrogens (tertiary/aromatic N) is 4. The third-order valence-electron chi connectivity index (χ3n) is 5.71. The molecule has 0 saturated carbocycles. The van der Waals surface area contributed by atoms with Crippen molar-refractivity contribution in [2.45, 2.75) is 25.5 Å². The molecule has 0 aliphatic heterocycles. The lowest BCUT2D eigenvalue weighted by Crippen LogP contribution is -2.14. The van der Waals surface area contributed by atoms with E-state index in [-0.39, 0.29) is 11.7 Å². The topological polar surface area (TPSA) is 72.7 Å². The Balaban J connectivity index is 1.25. The van der Waals surface area contributed by atoms with Crippen molar-refractivity contribution in [2.75, 3.05) is 11.1 Å². The third-order valence-corrected chi connectivity index (χ3v) is 7.74. The van der Waals surface area contributed by atoms with Crippen LogP contribution in [0.4, 0.5) is 5.69 Å². The van der Waals surface area contributed by atoms with Crippen LogP contribution < -0.4 is 5.32 Å². The number of nitrogens with one attached hydrogen (secondary N) is 1. The largest absolute Gasteiger partial charge is 0.325 e. The van der Waals surface area contributed by atoms with Gasteiger partial charge in [-0.25, -0.2) is 4.98 Å². The van der Waals surface area contributed by atoms with Gasteiger partial charge in [-0.2, -0.15) is 0 Å². The van der Waals surface area contributed by atoms with Crippen molar-refractivity contribution in [1.29, 1.82) is 0 Å². The molecule has 0 atom stereocenters. The second-order valence-electron chi connectivity index (χ2n) is 8.42. The van der Waals surface area contributed by atoms with Gasteiger partial charge in [-0.15, -0.1) is 28.1 Å². The molecule has 6 nitrogen and oxygen atoms in total. The van der Waals surface area contributed by atoms with Gasteiger partial charge in [0.25, 0.3) is 0 Å². The molecule has 5 aromatic rings. The predicted molar refractivity (Wildman–Crippen MR) is 150 cm³/mol. The van der Waals surface area contributed by atoms with E-state index in [1.807, 2.05) is 66.1 Å². The van der Waals surface area contributed by atoms with E-state index < -0.39 is 0 Å². The van der Waals surface area contributed by atoms with Gasteiger partial charge in [0.05, 0.1) is 16.0 Å². The standard InChI is InChI=1S/C28H25N5OS2/c1-4-15-33-26(22-8-6-5-7-19(22)3)31-32-28(33)35-17-25(34)29-21-12-10-20(11-13-21)27-30-23-14-9-18(2)16-24(23)36-27/h4-14,16H,1,15,17H2,2-3H3,(H,29,34). The Morgan fingerprint density at radius 3 is 2.67 bits per heavy atom. The number of anilines is 1. The van der Waals surface area contributed by atoms with E-state index in [1.165, 1.54) is 22.0 Å². The Hall–Kier alpha value is -3.75. The maximum absolute atomic E-state index is 12.7. The van der Waals surface area contributed by atoms with Crippen LogP contribution >= 0.6 is 23.1 Å². The maximum atomic E-state index is 12.7. The van der Waals surface area contributed by atoms with Crippen LogP contribution in [0.2, 0.25) is 0 Å². The average Bonchev–Trinajstić information content (AvgIpc) is 3.47. The van der Waals surface area contributed by atoms with Gasteiger partial charge < -0.3 is 5.32 Å². The molecule has 0 aliphatic carbocycles. The van der Waals surface area contributed by atoms with Gasteiger partial charge in [-0.05, 0) is 61.4 Å². The van der Waals surface area contributed by atoms with Crippen molar-refractivity contribution in [2.24, 2.45) is 0 Å². The summed E-state index contributed by atoms with van der Waals surface area (Å²) in [5, 5.41) is 13.4. The summed E-state index contributed by atoms with van der Waals surface area (Å²) < 4.78 is 3.16. The smallest absolute Gasteiger partial charge is 0.234 e. The van der Waals surface area contributed by atoms with Crippen LogP contribution in [0.5, 0.6) is 0 Å². The number of thiazole rings is 1. The number of fused-ring (bicyclic) bond motifs is 1. The van der Waals surface area contributed by atoms with Gasteiger partial charge in [-0.3, -0.25) is 9.36 Å². The van der Waals surface area contributed by atoms with Gasteiger partial charge in [0.1, 0.15) is 5.01 Å². The van der Waals surface area contributed by atoms with Crippen molar-refractivity contribution < 1.29 is 4.79 Å². The van der Waals surface area contributed by atoms with E-state index in [0.717, 1.165) is 38.7 Å². The molecule has 180 valence electrons. The number of benzene rings is 3. The highest BCUT2D eigenvalue weighted by atomic mass is 32.2. The fourth-order valence-corrected chi connectivity index (χ4v) is 5.71. The van der Waals surface area contributed by atoms with Gasteiger partial charge in [-0.1, -0.05) is 48.2 Å². The maximum Gasteiger partial charge on any atom is 0.234 e. The lowest BCUT2D eigenvalue weighted by Gasteiger charge is -2.10. The Bertz CT molecular complexity index is 1550. The molecule has 1 N–H and O–H groups in total. The average molecular weight is 512 g/mol. The van der Waals surface area contributed by atoms with E-state index in [0.29, 0.717) is 11.7 Å². The zero-order valence-electron chi connectivity index (χ0n) is 20.1. The number of aryl methyl sites for hydroxylation is 2. The molecule has 8 heteroatoms. The van der Waals surface area contributed by atoms with Crippen LogP contribution in [-0.4, -0.2) is 31.4 Å². The van der Waals surface area contributed by atoms with Gasteiger partial charge in [0.15, 0.2) is 11.0 Å². The second kappa shape index (κ2) is 10.5. The molecule has 0 radical (unpaired) electrons. The first-order valence-electron chi connectivity index (χ1n) is 11.5. The molecule has 0 unspecified atom stereocenters. The van der Waals surface area contributed by atoms with E-state index in [1.54, 1.807) is 11.3 Å². The Morgan fingerprint density at radius 1 is 1.08 bits per heavy atom. The minimum absolute atomic E-state index is 0.103. The number of thioether (sulfide) groups is 1. The Kier molecular flexibility index (Phi) is 6.97. The molecule has 0 spiro atoms. The molecular formula is C28H25N5OS2. The monoisotopic (exact) mass is 511 g/mol. The van der Waals surface area contributed by atoms with E-state index in [2.05, 4.69) is 47.2 Å². The van der Waals surface area contributed by atoms with Crippen molar-refractivity contribution in [3.63, 3.8) is 0 Å². The highest BCUT2D eigenvalue weighted by Gasteiger charge is 2.16. The normalized spacial score (nSPS) is 11.1. The first kappa shape index (κ1) is 24.0. The highest BCUT2D eigenvalue weighted by molar-refractivity contribution is 7.99. The van der Waals surface area contributed by atoms with E-state index >= 15 is 0 Å².